The Balaban J connectivity index is 1.54. The van der Waals surface area contributed by atoms with Gasteiger partial charge in [-0.15, -0.1) is 0 Å². The Hall–Kier alpha value is -2.40. The number of halogens is 1. The Labute approximate surface area is 161 Å². The Kier molecular flexibility index (Phi) is 6.45. The average molecular weight is 369 g/mol. The third-order valence-corrected chi connectivity index (χ3v) is 5.08. The van der Waals surface area contributed by atoms with E-state index in [0.717, 1.165) is 25.2 Å². The van der Waals surface area contributed by atoms with Crippen molar-refractivity contribution in [2.45, 2.75) is 26.4 Å². The van der Waals surface area contributed by atoms with Gasteiger partial charge in [0.25, 0.3) is 0 Å². The lowest BCUT2D eigenvalue weighted by molar-refractivity contribution is 0.131. The quantitative estimate of drug-likeness (QED) is 0.863. The predicted molar refractivity (Wildman–Crippen MR) is 106 cm³/mol. The van der Waals surface area contributed by atoms with Crippen LogP contribution in [0, 0.1) is 11.7 Å². The maximum absolute atomic E-state index is 13.2. The molecule has 4 nitrogen and oxygen atoms in total. The third-order valence-electron chi connectivity index (χ3n) is 5.08. The van der Waals surface area contributed by atoms with E-state index in [-0.39, 0.29) is 23.8 Å². The van der Waals surface area contributed by atoms with Crippen molar-refractivity contribution in [3.05, 3.63) is 71.5 Å². The van der Waals surface area contributed by atoms with Crippen molar-refractivity contribution in [1.82, 2.24) is 15.1 Å². The van der Waals surface area contributed by atoms with E-state index in [9.17, 15) is 9.18 Å². The summed E-state index contributed by atoms with van der Waals surface area (Å²) in [5.41, 5.74) is 2.23. The van der Waals surface area contributed by atoms with Crippen LogP contribution >= 0.6 is 0 Å². The zero-order valence-corrected chi connectivity index (χ0v) is 16.1. The van der Waals surface area contributed by atoms with Crippen LogP contribution < -0.4 is 5.32 Å². The summed E-state index contributed by atoms with van der Waals surface area (Å²) < 4.78 is 13.2. The lowest BCUT2D eigenvalue weighted by Gasteiger charge is -2.36. The van der Waals surface area contributed by atoms with Gasteiger partial charge >= 0.3 is 6.03 Å². The van der Waals surface area contributed by atoms with E-state index < -0.39 is 0 Å². The Morgan fingerprint density at radius 3 is 2.22 bits per heavy atom. The van der Waals surface area contributed by atoms with Gasteiger partial charge in [-0.25, -0.2) is 9.18 Å². The van der Waals surface area contributed by atoms with E-state index in [1.165, 1.54) is 17.7 Å². The number of carbonyl (C=O) groups excluding carboxylic acids is 1. The minimum absolute atomic E-state index is 0.0441. The van der Waals surface area contributed by atoms with Crippen molar-refractivity contribution in [2.24, 2.45) is 5.92 Å². The summed E-state index contributed by atoms with van der Waals surface area (Å²) >= 11 is 0. The van der Waals surface area contributed by atoms with Gasteiger partial charge in [-0.1, -0.05) is 56.3 Å². The molecule has 2 aromatic carbocycles. The van der Waals surface area contributed by atoms with Gasteiger partial charge in [0.15, 0.2) is 0 Å². The van der Waals surface area contributed by atoms with Crippen molar-refractivity contribution >= 4 is 6.03 Å². The molecule has 3 rings (SSSR count). The molecule has 0 saturated carbocycles. The molecule has 2 aromatic rings. The van der Waals surface area contributed by atoms with Crippen molar-refractivity contribution < 1.29 is 9.18 Å². The molecule has 0 bridgehead atoms. The highest BCUT2D eigenvalue weighted by Gasteiger charge is 2.25. The number of piperazine rings is 1. The molecule has 1 aliphatic rings. The van der Waals surface area contributed by atoms with Crippen molar-refractivity contribution in [3.63, 3.8) is 0 Å². The van der Waals surface area contributed by atoms with Crippen molar-refractivity contribution in [2.75, 3.05) is 26.2 Å². The van der Waals surface area contributed by atoms with E-state index in [2.05, 4.69) is 48.3 Å². The normalized spacial score (nSPS) is 16.4. The van der Waals surface area contributed by atoms with E-state index >= 15 is 0 Å². The summed E-state index contributed by atoms with van der Waals surface area (Å²) in [6.45, 7) is 8.20. The minimum atomic E-state index is -0.262. The monoisotopic (exact) mass is 369 g/mol. The molecule has 1 heterocycles. The molecular formula is C22H28FN3O. The number of nitrogens with zero attached hydrogens (tertiary/aromatic N) is 2. The van der Waals surface area contributed by atoms with Crippen LogP contribution in [-0.2, 0) is 6.54 Å². The fraction of sp³-hybridized carbons (Fsp3) is 0.409. The van der Waals surface area contributed by atoms with Crippen molar-refractivity contribution in [1.29, 1.82) is 0 Å². The van der Waals surface area contributed by atoms with E-state index in [0.29, 0.717) is 13.1 Å². The Bertz CT molecular complexity index is 725. The lowest BCUT2D eigenvalue weighted by atomic mass is 9.96. The second-order valence-corrected chi connectivity index (χ2v) is 7.47. The molecule has 0 radical (unpaired) electrons. The zero-order chi connectivity index (χ0) is 19.2. The molecule has 1 aliphatic heterocycles. The largest absolute Gasteiger partial charge is 0.331 e. The lowest BCUT2D eigenvalue weighted by Crippen LogP contribution is -2.52. The number of amides is 2. The van der Waals surface area contributed by atoms with Gasteiger partial charge in [0.05, 0.1) is 6.04 Å². The predicted octanol–water partition coefficient (Wildman–Crippen LogP) is 4.05. The number of hydrogen-bond acceptors (Lipinski definition) is 2. The average Bonchev–Trinajstić information content (AvgIpc) is 2.68. The zero-order valence-electron chi connectivity index (χ0n) is 16.1. The van der Waals surface area contributed by atoms with E-state index in [4.69, 9.17) is 0 Å². The third kappa shape index (κ3) is 5.30. The highest BCUT2D eigenvalue weighted by molar-refractivity contribution is 5.75. The van der Waals surface area contributed by atoms with Gasteiger partial charge in [-0.05, 0) is 29.2 Å². The van der Waals surface area contributed by atoms with Crippen LogP contribution in [0.3, 0.4) is 0 Å². The topological polar surface area (TPSA) is 35.6 Å². The number of nitrogens with one attached hydrogen (secondary N) is 1. The van der Waals surface area contributed by atoms with Gasteiger partial charge in [0.1, 0.15) is 5.82 Å². The fourth-order valence-corrected chi connectivity index (χ4v) is 3.48. The van der Waals surface area contributed by atoms with Gasteiger partial charge in [-0.3, -0.25) is 4.90 Å². The summed E-state index contributed by atoms with van der Waals surface area (Å²) in [6, 6.07) is 16.6. The van der Waals surface area contributed by atoms with Crippen LogP contribution in [0.4, 0.5) is 9.18 Å². The molecular weight excluding hydrogens is 341 g/mol. The van der Waals surface area contributed by atoms with Crippen LogP contribution in [0.2, 0.25) is 0 Å². The first-order chi connectivity index (χ1) is 13.0. The van der Waals surface area contributed by atoms with Gasteiger partial charge in [0, 0.05) is 32.7 Å². The molecule has 0 aliphatic carbocycles. The van der Waals surface area contributed by atoms with Crippen LogP contribution in [0.25, 0.3) is 0 Å². The number of hydrogen-bond donors (Lipinski definition) is 1. The second kappa shape index (κ2) is 9.00. The molecule has 144 valence electrons. The summed E-state index contributed by atoms with van der Waals surface area (Å²) in [5.74, 6) is -0.0408. The molecule has 0 unspecified atom stereocenters. The summed E-state index contributed by atoms with van der Waals surface area (Å²) in [6.07, 6.45) is 0. The molecule has 1 fully saturated rings. The summed E-state index contributed by atoms with van der Waals surface area (Å²) in [4.78, 5) is 17.0. The summed E-state index contributed by atoms with van der Waals surface area (Å²) in [5, 5.41) is 3.13. The van der Waals surface area contributed by atoms with Gasteiger partial charge in [-0.2, -0.15) is 0 Å². The number of carbonyl (C=O) groups is 1. The number of benzene rings is 2. The molecule has 1 atom stereocenters. The number of urea groups is 1. The number of rotatable bonds is 5. The highest BCUT2D eigenvalue weighted by Crippen LogP contribution is 2.22. The molecule has 0 aromatic heterocycles. The first-order valence-corrected chi connectivity index (χ1v) is 9.60. The van der Waals surface area contributed by atoms with Crippen LogP contribution in [0.5, 0.6) is 0 Å². The van der Waals surface area contributed by atoms with Crippen LogP contribution in [0.15, 0.2) is 54.6 Å². The van der Waals surface area contributed by atoms with Gasteiger partial charge < -0.3 is 10.2 Å². The fourth-order valence-electron chi connectivity index (χ4n) is 3.48. The maximum atomic E-state index is 13.2. The van der Waals surface area contributed by atoms with Gasteiger partial charge in [0.2, 0.25) is 0 Å². The SMILES string of the molecule is CC(C)[C@@H](NC(=O)N1CCN(Cc2ccccc2)CC1)c1ccc(F)cc1. The Morgan fingerprint density at radius 2 is 1.63 bits per heavy atom. The Morgan fingerprint density at radius 1 is 1.00 bits per heavy atom. The smallest absolute Gasteiger partial charge is 0.317 e. The van der Waals surface area contributed by atoms with E-state index in [1.807, 2.05) is 11.0 Å². The van der Waals surface area contributed by atoms with Crippen LogP contribution in [-0.4, -0.2) is 42.0 Å². The maximum Gasteiger partial charge on any atom is 0.317 e. The molecule has 1 N–H and O–H groups in total. The van der Waals surface area contributed by atoms with E-state index in [1.54, 1.807) is 12.1 Å². The first kappa shape index (κ1) is 19.4. The molecule has 1 saturated heterocycles. The molecule has 2 amide bonds. The standard InChI is InChI=1S/C22H28FN3O/c1-17(2)21(19-8-10-20(23)11-9-19)24-22(27)26-14-12-25(13-15-26)16-18-6-4-3-5-7-18/h3-11,17,21H,12-16H2,1-2H3,(H,24,27)/t21-/m1/s1. The summed E-state index contributed by atoms with van der Waals surface area (Å²) in [7, 11) is 0. The highest BCUT2D eigenvalue weighted by atomic mass is 19.1. The second-order valence-electron chi connectivity index (χ2n) is 7.47. The molecule has 27 heavy (non-hydrogen) atoms. The molecule has 5 heteroatoms. The van der Waals surface area contributed by atoms with Crippen LogP contribution in [0.1, 0.15) is 31.0 Å². The first-order valence-electron chi connectivity index (χ1n) is 9.60. The van der Waals surface area contributed by atoms with Crippen molar-refractivity contribution in [3.8, 4) is 0 Å². The minimum Gasteiger partial charge on any atom is -0.331 e. The molecule has 0 spiro atoms.